The van der Waals surface area contributed by atoms with Crippen molar-refractivity contribution in [2.24, 2.45) is 0 Å². The lowest BCUT2D eigenvalue weighted by molar-refractivity contribution is -0.134. The Hall–Kier alpha value is -2.51. The van der Waals surface area contributed by atoms with Crippen LogP contribution >= 0.6 is 0 Å². The summed E-state index contributed by atoms with van der Waals surface area (Å²) < 4.78 is 25.8. The van der Waals surface area contributed by atoms with Crippen LogP contribution in [0.1, 0.15) is 10.4 Å². The summed E-state index contributed by atoms with van der Waals surface area (Å²) in [4.78, 5) is 37.3. The molecule has 0 atom stereocenters. The van der Waals surface area contributed by atoms with Crippen molar-refractivity contribution < 1.29 is 23.2 Å². The Bertz CT molecular complexity index is 587. The Morgan fingerprint density at radius 3 is 2.41 bits per heavy atom. The molecule has 2 rings (SSSR count). The maximum absolute atomic E-state index is 13.0. The van der Waals surface area contributed by atoms with Crippen LogP contribution in [0.2, 0.25) is 0 Å². The van der Waals surface area contributed by atoms with E-state index in [0.717, 1.165) is 24.6 Å². The van der Waals surface area contributed by atoms with Gasteiger partial charge in [-0.3, -0.25) is 14.4 Å². The molecule has 1 fully saturated rings. The standard InChI is InChI=1S/C14H15F2N3O3/c15-11-2-1-10(7-12(11)16)14(22)17-8-13(21)19-5-3-18(9-20)4-6-19/h1-2,7,9H,3-6,8H2,(H,17,22). The second kappa shape index (κ2) is 6.97. The molecule has 0 spiro atoms. The van der Waals surface area contributed by atoms with Crippen molar-refractivity contribution in [1.29, 1.82) is 0 Å². The van der Waals surface area contributed by atoms with Gasteiger partial charge in [0.25, 0.3) is 5.91 Å². The van der Waals surface area contributed by atoms with Crippen molar-refractivity contribution in [1.82, 2.24) is 15.1 Å². The molecule has 0 saturated carbocycles. The van der Waals surface area contributed by atoms with Crippen LogP contribution in [0.5, 0.6) is 0 Å². The van der Waals surface area contributed by atoms with Gasteiger partial charge in [-0.05, 0) is 18.2 Å². The number of benzene rings is 1. The van der Waals surface area contributed by atoms with Crippen molar-refractivity contribution in [2.45, 2.75) is 0 Å². The lowest BCUT2D eigenvalue weighted by Crippen LogP contribution is -2.50. The van der Waals surface area contributed by atoms with E-state index < -0.39 is 17.5 Å². The summed E-state index contributed by atoms with van der Waals surface area (Å²) in [5.41, 5.74) is -0.0579. The highest BCUT2D eigenvalue weighted by Crippen LogP contribution is 2.08. The van der Waals surface area contributed by atoms with Crippen LogP contribution in [-0.2, 0) is 9.59 Å². The lowest BCUT2D eigenvalue weighted by atomic mass is 10.2. The molecule has 22 heavy (non-hydrogen) atoms. The van der Waals surface area contributed by atoms with Crippen molar-refractivity contribution in [3.8, 4) is 0 Å². The van der Waals surface area contributed by atoms with Gasteiger partial charge in [-0.25, -0.2) is 8.78 Å². The minimum atomic E-state index is -1.12. The fourth-order valence-electron chi connectivity index (χ4n) is 2.08. The molecule has 0 bridgehead atoms. The highest BCUT2D eigenvalue weighted by atomic mass is 19.2. The lowest BCUT2D eigenvalue weighted by Gasteiger charge is -2.32. The maximum atomic E-state index is 13.0. The van der Waals surface area contributed by atoms with Crippen molar-refractivity contribution in [3.05, 3.63) is 35.4 Å². The third-order valence-electron chi connectivity index (χ3n) is 3.40. The van der Waals surface area contributed by atoms with Crippen molar-refractivity contribution >= 4 is 18.2 Å². The third kappa shape index (κ3) is 3.78. The van der Waals surface area contributed by atoms with E-state index in [9.17, 15) is 23.2 Å². The molecule has 1 N–H and O–H groups in total. The number of rotatable bonds is 4. The first-order valence-electron chi connectivity index (χ1n) is 6.71. The van der Waals surface area contributed by atoms with Crippen molar-refractivity contribution in [3.63, 3.8) is 0 Å². The topological polar surface area (TPSA) is 69.7 Å². The van der Waals surface area contributed by atoms with Gasteiger partial charge < -0.3 is 15.1 Å². The zero-order chi connectivity index (χ0) is 16.1. The summed E-state index contributed by atoms with van der Waals surface area (Å²) in [7, 11) is 0. The van der Waals surface area contributed by atoms with Gasteiger partial charge in [-0.2, -0.15) is 0 Å². The molecule has 0 radical (unpaired) electrons. The third-order valence-corrected chi connectivity index (χ3v) is 3.40. The zero-order valence-corrected chi connectivity index (χ0v) is 11.7. The predicted molar refractivity (Wildman–Crippen MR) is 72.9 cm³/mol. The normalized spacial score (nSPS) is 14.6. The fourth-order valence-corrected chi connectivity index (χ4v) is 2.08. The van der Waals surface area contributed by atoms with E-state index in [1.807, 2.05) is 0 Å². The van der Waals surface area contributed by atoms with Gasteiger partial charge in [-0.15, -0.1) is 0 Å². The van der Waals surface area contributed by atoms with Crippen LogP contribution in [-0.4, -0.2) is 60.7 Å². The molecule has 6 nitrogen and oxygen atoms in total. The molecule has 3 amide bonds. The van der Waals surface area contributed by atoms with E-state index >= 15 is 0 Å². The van der Waals surface area contributed by atoms with Gasteiger partial charge in [0.15, 0.2) is 11.6 Å². The summed E-state index contributed by atoms with van der Waals surface area (Å²) in [5, 5.41) is 2.37. The van der Waals surface area contributed by atoms with Gasteiger partial charge in [-0.1, -0.05) is 0 Å². The van der Waals surface area contributed by atoms with Gasteiger partial charge in [0.1, 0.15) is 0 Å². The minimum absolute atomic E-state index is 0.0579. The number of nitrogens with one attached hydrogen (secondary N) is 1. The van der Waals surface area contributed by atoms with Crippen LogP contribution in [0.3, 0.4) is 0 Å². The van der Waals surface area contributed by atoms with Crippen LogP contribution < -0.4 is 5.32 Å². The number of nitrogens with zero attached hydrogens (tertiary/aromatic N) is 2. The Kier molecular flexibility index (Phi) is 5.03. The average Bonchev–Trinajstić information content (AvgIpc) is 2.54. The second-order valence-corrected chi connectivity index (χ2v) is 4.83. The van der Waals surface area contributed by atoms with Gasteiger partial charge >= 0.3 is 0 Å². The van der Waals surface area contributed by atoms with Gasteiger partial charge in [0, 0.05) is 31.7 Å². The first-order chi connectivity index (χ1) is 10.5. The monoisotopic (exact) mass is 311 g/mol. The van der Waals surface area contributed by atoms with Crippen LogP contribution in [0, 0.1) is 11.6 Å². The molecule has 0 unspecified atom stereocenters. The Morgan fingerprint density at radius 2 is 1.82 bits per heavy atom. The van der Waals surface area contributed by atoms with Gasteiger partial charge in [0.05, 0.1) is 6.54 Å². The van der Waals surface area contributed by atoms with Gasteiger partial charge in [0.2, 0.25) is 12.3 Å². The number of halogens is 2. The number of amides is 3. The van der Waals surface area contributed by atoms with E-state index in [-0.39, 0.29) is 18.0 Å². The molecule has 0 aromatic heterocycles. The van der Waals surface area contributed by atoms with E-state index in [2.05, 4.69) is 5.32 Å². The summed E-state index contributed by atoms with van der Waals surface area (Å²) in [6.45, 7) is 1.47. The maximum Gasteiger partial charge on any atom is 0.251 e. The molecular weight excluding hydrogens is 296 g/mol. The number of hydrogen-bond acceptors (Lipinski definition) is 3. The highest BCUT2D eigenvalue weighted by Gasteiger charge is 2.20. The SMILES string of the molecule is O=CN1CCN(C(=O)CNC(=O)c2ccc(F)c(F)c2)CC1. The molecule has 8 heteroatoms. The molecule has 1 aromatic rings. The molecular formula is C14H15F2N3O3. The first-order valence-corrected chi connectivity index (χ1v) is 6.71. The largest absolute Gasteiger partial charge is 0.343 e. The van der Waals surface area contributed by atoms with Crippen LogP contribution in [0.15, 0.2) is 18.2 Å². The number of carbonyl (C=O) groups excluding carboxylic acids is 3. The number of carbonyl (C=O) groups is 3. The molecule has 1 aliphatic heterocycles. The summed E-state index contributed by atoms with van der Waals surface area (Å²) >= 11 is 0. The Morgan fingerprint density at radius 1 is 1.14 bits per heavy atom. The quantitative estimate of drug-likeness (QED) is 0.796. The van der Waals surface area contributed by atoms with Crippen LogP contribution in [0.4, 0.5) is 8.78 Å². The van der Waals surface area contributed by atoms with E-state index in [0.29, 0.717) is 26.2 Å². The minimum Gasteiger partial charge on any atom is -0.343 e. The Balaban J connectivity index is 1.84. The molecule has 1 heterocycles. The van der Waals surface area contributed by atoms with E-state index in [4.69, 9.17) is 0 Å². The highest BCUT2D eigenvalue weighted by molar-refractivity contribution is 5.96. The van der Waals surface area contributed by atoms with Crippen molar-refractivity contribution in [2.75, 3.05) is 32.7 Å². The molecule has 1 aromatic carbocycles. The summed E-state index contributed by atoms with van der Waals surface area (Å²) in [6, 6.07) is 2.77. The predicted octanol–water partition coefficient (Wildman–Crippen LogP) is -0.00480. The average molecular weight is 311 g/mol. The molecule has 1 saturated heterocycles. The summed E-state index contributed by atoms with van der Waals surface area (Å²) in [5.74, 6) is -3.11. The van der Waals surface area contributed by atoms with Crippen LogP contribution in [0.25, 0.3) is 0 Å². The number of hydrogen-bond donors (Lipinski definition) is 1. The van der Waals surface area contributed by atoms with E-state index in [1.54, 1.807) is 4.90 Å². The summed E-state index contributed by atoms with van der Waals surface area (Å²) in [6.07, 6.45) is 0.729. The van der Waals surface area contributed by atoms with E-state index in [1.165, 1.54) is 4.90 Å². The molecule has 0 aliphatic carbocycles. The second-order valence-electron chi connectivity index (χ2n) is 4.83. The molecule has 1 aliphatic rings. The zero-order valence-electron chi connectivity index (χ0n) is 11.7. The fraction of sp³-hybridized carbons (Fsp3) is 0.357. The smallest absolute Gasteiger partial charge is 0.251 e. The molecule has 118 valence electrons. The first kappa shape index (κ1) is 15.9. The Labute approximate surface area is 125 Å². The number of piperazine rings is 1.